The van der Waals surface area contributed by atoms with E-state index in [2.05, 4.69) is 5.32 Å². The van der Waals surface area contributed by atoms with Gasteiger partial charge in [0.2, 0.25) is 0 Å². The van der Waals surface area contributed by atoms with E-state index < -0.39 is 6.10 Å². The summed E-state index contributed by atoms with van der Waals surface area (Å²) in [6, 6.07) is 5.45. The van der Waals surface area contributed by atoms with Crippen molar-refractivity contribution in [2.24, 2.45) is 11.7 Å². The van der Waals surface area contributed by atoms with Crippen LogP contribution in [0.15, 0.2) is 18.2 Å². The molecule has 0 amide bonds. The van der Waals surface area contributed by atoms with Crippen LogP contribution in [0.4, 0.5) is 5.69 Å². The second kappa shape index (κ2) is 3.77. The summed E-state index contributed by atoms with van der Waals surface area (Å²) in [6.45, 7) is 1.18. The van der Waals surface area contributed by atoms with Gasteiger partial charge in [-0.15, -0.1) is 0 Å². The number of nitrogens with one attached hydrogen (secondary N) is 1. The van der Waals surface area contributed by atoms with E-state index in [0.717, 1.165) is 11.3 Å². The summed E-state index contributed by atoms with van der Waals surface area (Å²) in [4.78, 5) is 0. The molecule has 3 nitrogen and oxygen atoms in total. The van der Waals surface area contributed by atoms with Gasteiger partial charge in [-0.1, -0.05) is 17.7 Å². The second-order valence-electron chi connectivity index (χ2n) is 3.55. The number of hydrogen-bond donors (Lipinski definition) is 3. The maximum Gasteiger partial charge on any atom is 0.0867 e. The highest BCUT2D eigenvalue weighted by atomic mass is 35.5. The minimum atomic E-state index is -0.478. The van der Waals surface area contributed by atoms with Crippen molar-refractivity contribution in [2.75, 3.05) is 18.4 Å². The third kappa shape index (κ3) is 1.59. The highest BCUT2D eigenvalue weighted by Gasteiger charge is 2.26. The van der Waals surface area contributed by atoms with Gasteiger partial charge in [0, 0.05) is 28.7 Å². The summed E-state index contributed by atoms with van der Waals surface area (Å²) in [5, 5.41) is 13.8. The van der Waals surface area contributed by atoms with Gasteiger partial charge in [0.15, 0.2) is 0 Å². The third-order valence-electron chi connectivity index (χ3n) is 2.64. The number of anilines is 1. The van der Waals surface area contributed by atoms with Gasteiger partial charge in [-0.2, -0.15) is 0 Å². The molecule has 0 aliphatic carbocycles. The summed E-state index contributed by atoms with van der Waals surface area (Å²) < 4.78 is 0. The number of rotatable bonds is 1. The number of fused-ring (bicyclic) bond motifs is 1. The molecule has 1 aliphatic heterocycles. The first-order chi connectivity index (χ1) is 6.72. The zero-order chi connectivity index (χ0) is 10.1. The van der Waals surface area contributed by atoms with Gasteiger partial charge in [0.25, 0.3) is 0 Å². The molecule has 0 aromatic heterocycles. The first-order valence-corrected chi connectivity index (χ1v) is 5.01. The maximum absolute atomic E-state index is 9.95. The molecule has 2 rings (SSSR count). The molecule has 14 heavy (non-hydrogen) atoms. The predicted molar refractivity (Wildman–Crippen MR) is 57.4 cm³/mol. The Morgan fingerprint density at radius 3 is 3.07 bits per heavy atom. The number of halogens is 1. The Morgan fingerprint density at radius 1 is 1.57 bits per heavy atom. The molecule has 1 aromatic rings. The minimum absolute atomic E-state index is 0.0867. The molecule has 0 fully saturated rings. The Labute approximate surface area is 87.9 Å². The van der Waals surface area contributed by atoms with E-state index in [0.29, 0.717) is 18.1 Å². The Kier molecular flexibility index (Phi) is 2.63. The molecular weight excluding hydrogens is 200 g/mol. The lowest BCUT2D eigenvalue weighted by molar-refractivity contribution is 0.114. The molecule has 0 bridgehead atoms. The normalized spacial score (nSPS) is 25.4. The lowest BCUT2D eigenvalue weighted by Gasteiger charge is -2.30. The van der Waals surface area contributed by atoms with Gasteiger partial charge in [0.05, 0.1) is 6.10 Å². The van der Waals surface area contributed by atoms with Crippen LogP contribution in [0.1, 0.15) is 11.7 Å². The quantitative estimate of drug-likeness (QED) is 0.659. The van der Waals surface area contributed by atoms with Crippen molar-refractivity contribution >= 4 is 17.3 Å². The fraction of sp³-hybridized carbons (Fsp3) is 0.400. The van der Waals surface area contributed by atoms with Crippen LogP contribution in [0.5, 0.6) is 0 Å². The lowest BCUT2D eigenvalue weighted by atomic mass is 9.91. The highest BCUT2D eigenvalue weighted by Crippen LogP contribution is 2.34. The molecule has 1 aromatic carbocycles. The standard InChI is InChI=1S/C10H13ClN2O/c11-7-1-2-8-9(3-7)13-5-6(4-12)10(8)14/h1-3,6,10,13-14H,4-5,12H2. The third-order valence-corrected chi connectivity index (χ3v) is 2.87. The van der Waals surface area contributed by atoms with Gasteiger partial charge in [-0.05, 0) is 18.7 Å². The van der Waals surface area contributed by atoms with Crippen LogP contribution < -0.4 is 11.1 Å². The lowest BCUT2D eigenvalue weighted by Crippen LogP contribution is -2.33. The fourth-order valence-electron chi connectivity index (χ4n) is 1.76. The van der Waals surface area contributed by atoms with Crippen molar-refractivity contribution in [1.82, 2.24) is 0 Å². The first kappa shape index (κ1) is 9.77. The van der Waals surface area contributed by atoms with Gasteiger partial charge in [-0.25, -0.2) is 0 Å². The largest absolute Gasteiger partial charge is 0.388 e. The minimum Gasteiger partial charge on any atom is -0.388 e. The molecule has 2 atom stereocenters. The van der Waals surface area contributed by atoms with Crippen molar-refractivity contribution in [2.45, 2.75) is 6.10 Å². The number of benzene rings is 1. The average Bonchev–Trinajstić information content (AvgIpc) is 2.18. The monoisotopic (exact) mass is 212 g/mol. The van der Waals surface area contributed by atoms with Gasteiger partial charge in [0.1, 0.15) is 0 Å². The zero-order valence-electron chi connectivity index (χ0n) is 7.70. The summed E-state index contributed by atoms with van der Waals surface area (Å²) >= 11 is 5.85. The van der Waals surface area contributed by atoms with E-state index in [4.69, 9.17) is 17.3 Å². The Bertz CT molecular complexity index is 343. The van der Waals surface area contributed by atoms with E-state index in [1.165, 1.54) is 0 Å². The molecule has 1 heterocycles. The van der Waals surface area contributed by atoms with Crippen molar-refractivity contribution in [3.05, 3.63) is 28.8 Å². The van der Waals surface area contributed by atoms with Crippen molar-refractivity contribution < 1.29 is 5.11 Å². The Hall–Kier alpha value is -0.770. The average molecular weight is 213 g/mol. The molecular formula is C10H13ClN2O. The summed E-state index contributed by atoms with van der Waals surface area (Å²) in [5.74, 6) is 0.0867. The van der Waals surface area contributed by atoms with Crippen LogP contribution in [0, 0.1) is 5.92 Å². The highest BCUT2D eigenvalue weighted by molar-refractivity contribution is 6.30. The molecule has 0 saturated carbocycles. The van der Waals surface area contributed by atoms with Crippen LogP contribution in [0.25, 0.3) is 0 Å². The van der Waals surface area contributed by atoms with Crippen LogP contribution in [0.2, 0.25) is 5.02 Å². The van der Waals surface area contributed by atoms with E-state index in [9.17, 15) is 5.11 Å². The van der Waals surface area contributed by atoms with Gasteiger partial charge >= 0.3 is 0 Å². The molecule has 4 N–H and O–H groups in total. The Morgan fingerprint density at radius 2 is 2.36 bits per heavy atom. The SMILES string of the molecule is NCC1CNc2cc(Cl)ccc2C1O. The van der Waals surface area contributed by atoms with Crippen LogP contribution >= 0.6 is 11.6 Å². The molecule has 2 unspecified atom stereocenters. The van der Waals surface area contributed by atoms with Crippen LogP contribution in [-0.4, -0.2) is 18.2 Å². The molecule has 0 spiro atoms. The van der Waals surface area contributed by atoms with Crippen LogP contribution in [0.3, 0.4) is 0 Å². The van der Waals surface area contributed by atoms with E-state index in [1.807, 2.05) is 12.1 Å². The molecule has 0 saturated heterocycles. The number of aliphatic hydroxyl groups excluding tert-OH is 1. The molecule has 1 aliphatic rings. The zero-order valence-corrected chi connectivity index (χ0v) is 8.46. The van der Waals surface area contributed by atoms with E-state index >= 15 is 0 Å². The summed E-state index contributed by atoms with van der Waals surface area (Å²) in [6.07, 6.45) is -0.478. The van der Waals surface area contributed by atoms with Crippen molar-refractivity contribution in [3.8, 4) is 0 Å². The number of hydrogen-bond acceptors (Lipinski definition) is 3. The first-order valence-electron chi connectivity index (χ1n) is 4.64. The Balaban J connectivity index is 2.36. The van der Waals surface area contributed by atoms with Crippen molar-refractivity contribution in [1.29, 1.82) is 0 Å². The predicted octanol–water partition coefficient (Wildman–Crippen LogP) is 1.37. The van der Waals surface area contributed by atoms with Gasteiger partial charge in [-0.3, -0.25) is 0 Å². The van der Waals surface area contributed by atoms with E-state index in [-0.39, 0.29) is 5.92 Å². The summed E-state index contributed by atoms with van der Waals surface area (Å²) in [7, 11) is 0. The van der Waals surface area contributed by atoms with E-state index in [1.54, 1.807) is 6.07 Å². The van der Waals surface area contributed by atoms with Crippen LogP contribution in [-0.2, 0) is 0 Å². The summed E-state index contributed by atoms with van der Waals surface area (Å²) in [5.41, 5.74) is 7.35. The molecule has 76 valence electrons. The molecule has 4 heteroatoms. The second-order valence-corrected chi connectivity index (χ2v) is 3.99. The molecule has 0 radical (unpaired) electrons. The van der Waals surface area contributed by atoms with Crippen molar-refractivity contribution in [3.63, 3.8) is 0 Å². The number of nitrogens with two attached hydrogens (primary N) is 1. The topological polar surface area (TPSA) is 58.3 Å². The smallest absolute Gasteiger partial charge is 0.0867 e. The maximum atomic E-state index is 9.95. The fourth-order valence-corrected chi connectivity index (χ4v) is 1.93. The number of aliphatic hydroxyl groups is 1. The van der Waals surface area contributed by atoms with Gasteiger partial charge < -0.3 is 16.2 Å².